The minimum absolute atomic E-state index is 0.0341. The second kappa shape index (κ2) is 9.66. The second-order valence-corrected chi connectivity index (χ2v) is 9.59. The number of aromatic nitrogens is 2. The quantitative estimate of drug-likeness (QED) is 0.265. The third-order valence-electron chi connectivity index (χ3n) is 6.54. The van der Waals surface area contributed by atoms with Crippen LogP contribution in [0.15, 0.2) is 82.1 Å². The van der Waals surface area contributed by atoms with Crippen molar-refractivity contribution in [3.05, 3.63) is 110 Å². The lowest BCUT2D eigenvalue weighted by molar-refractivity contribution is -0.142. The van der Waals surface area contributed by atoms with E-state index in [0.29, 0.717) is 16.6 Å². The van der Waals surface area contributed by atoms with E-state index >= 15 is 0 Å². The van der Waals surface area contributed by atoms with Gasteiger partial charge in [0.2, 0.25) is 0 Å². The van der Waals surface area contributed by atoms with Crippen molar-refractivity contribution in [1.82, 2.24) is 9.55 Å². The number of rotatable bonds is 6. The molecule has 2 aromatic heterocycles. The Balaban J connectivity index is 1.87. The lowest BCUT2D eigenvalue weighted by Crippen LogP contribution is -2.25. The maximum Gasteiger partial charge on any atom is 0.310 e. The number of aromatic hydroxyl groups is 1. The van der Waals surface area contributed by atoms with Gasteiger partial charge in [-0.3, -0.25) is 9.59 Å². The van der Waals surface area contributed by atoms with E-state index in [4.69, 9.17) is 4.74 Å². The largest absolute Gasteiger partial charge is 0.507 e. The number of carbonyl (C=O) groups excluding carboxylic acids is 1. The SMILES string of the molecule is CCOC(=O)Cc1c(C(c2cccc(Br)c2)c2c(O)c3ccccc3n(C)c2=O)[nH]c2ccccc12. The Morgan fingerprint density at radius 1 is 1.06 bits per heavy atom. The molecule has 0 spiro atoms. The number of pyridine rings is 1. The number of nitrogens with one attached hydrogen (secondary N) is 1. The zero-order valence-corrected chi connectivity index (χ0v) is 21.5. The summed E-state index contributed by atoms with van der Waals surface area (Å²) in [6.45, 7) is 2.05. The monoisotopic (exact) mass is 544 g/mol. The van der Waals surface area contributed by atoms with Crippen LogP contribution in [-0.4, -0.2) is 27.2 Å². The normalized spacial score (nSPS) is 12.2. The van der Waals surface area contributed by atoms with E-state index < -0.39 is 5.92 Å². The Bertz CT molecular complexity index is 1670. The number of aromatic amines is 1. The third-order valence-corrected chi connectivity index (χ3v) is 7.04. The van der Waals surface area contributed by atoms with E-state index in [1.165, 1.54) is 0 Å². The number of halogens is 1. The highest BCUT2D eigenvalue weighted by molar-refractivity contribution is 9.10. The van der Waals surface area contributed by atoms with Crippen molar-refractivity contribution in [3.63, 3.8) is 0 Å². The molecule has 6 nitrogen and oxygen atoms in total. The summed E-state index contributed by atoms with van der Waals surface area (Å²) >= 11 is 3.55. The molecular formula is C29H25BrN2O4. The molecule has 2 heterocycles. The van der Waals surface area contributed by atoms with Crippen molar-refractivity contribution in [2.45, 2.75) is 19.3 Å². The molecule has 1 unspecified atom stereocenters. The lowest BCUT2D eigenvalue weighted by Gasteiger charge is -2.22. The fourth-order valence-electron chi connectivity index (χ4n) is 4.94. The molecule has 0 aliphatic rings. The van der Waals surface area contributed by atoms with Crippen molar-refractivity contribution in [1.29, 1.82) is 0 Å². The van der Waals surface area contributed by atoms with Gasteiger partial charge in [-0.05, 0) is 48.4 Å². The van der Waals surface area contributed by atoms with E-state index in [9.17, 15) is 14.7 Å². The highest BCUT2D eigenvalue weighted by Crippen LogP contribution is 2.41. The van der Waals surface area contributed by atoms with E-state index in [0.717, 1.165) is 26.5 Å². The molecule has 5 rings (SSSR count). The molecule has 0 aliphatic heterocycles. The number of nitrogens with zero attached hydrogens (tertiary/aromatic N) is 1. The summed E-state index contributed by atoms with van der Waals surface area (Å²) in [5.74, 6) is -1.09. The topological polar surface area (TPSA) is 84.3 Å². The van der Waals surface area contributed by atoms with Crippen LogP contribution in [0.1, 0.15) is 35.2 Å². The minimum Gasteiger partial charge on any atom is -0.507 e. The standard InChI is InChI=1S/C29H25BrN2O4/c1-3-36-24(33)16-21-19-11-4-6-13-22(19)31-27(21)25(17-9-8-10-18(30)15-17)26-28(34)20-12-5-7-14-23(20)32(2)29(26)35/h4-15,25,31,34H,3,16H2,1-2H3. The number of H-pyrrole nitrogens is 1. The minimum atomic E-state index is -0.664. The number of aryl methyl sites for hydroxylation is 1. The summed E-state index contributed by atoms with van der Waals surface area (Å²) in [7, 11) is 1.70. The van der Waals surface area contributed by atoms with Gasteiger partial charge in [0.05, 0.1) is 30.0 Å². The summed E-state index contributed by atoms with van der Waals surface area (Å²) in [6.07, 6.45) is 0.0341. The van der Waals surface area contributed by atoms with Crippen LogP contribution >= 0.6 is 15.9 Å². The number of carbonyl (C=O) groups is 1. The molecule has 0 saturated heterocycles. The number of fused-ring (bicyclic) bond motifs is 2. The van der Waals surface area contributed by atoms with Crippen LogP contribution in [0.25, 0.3) is 21.8 Å². The highest BCUT2D eigenvalue weighted by atomic mass is 79.9. The van der Waals surface area contributed by atoms with Gasteiger partial charge in [0.1, 0.15) is 5.75 Å². The van der Waals surface area contributed by atoms with E-state index in [1.54, 1.807) is 24.6 Å². The van der Waals surface area contributed by atoms with Gasteiger partial charge in [-0.15, -0.1) is 0 Å². The molecule has 2 N–H and O–H groups in total. The Kier molecular flexibility index (Phi) is 6.41. The Hall–Kier alpha value is -3.84. The zero-order valence-electron chi connectivity index (χ0n) is 19.9. The Morgan fingerprint density at radius 3 is 2.53 bits per heavy atom. The average molecular weight is 545 g/mol. The third kappa shape index (κ3) is 4.09. The molecule has 1 atom stereocenters. The molecule has 0 aliphatic carbocycles. The number of ether oxygens (including phenoxy) is 1. The molecule has 0 radical (unpaired) electrons. The maximum atomic E-state index is 13.8. The van der Waals surface area contributed by atoms with Crippen molar-refractivity contribution in [2.75, 3.05) is 6.61 Å². The Labute approximate surface area is 216 Å². The number of hydrogen-bond acceptors (Lipinski definition) is 4. The lowest BCUT2D eigenvalue weighted by atomic mass is 9.85. The zero-order chi connectivity index (χ0) is 25.4. The van der Waals surface area contributed by atoms with Gasteiger partial charge < -0.3 is 19.4 Å². The van der Waals surface area contributed by atoms with Crippen LogP contribution in [0.4, 0.5) is 0 Å². The summed E-state index contributed by atoms with van der Waals surface area (Å²) in [5, 5.41) is 13.0. The van der Waals surface area contributed by atoms with Gasteiger partial charge in [-0.1, -0.05) is 58.4 Å². The van der Waals surface area contributed by atoms with Gasteiger partial charge in [0.15, 0.2) is 0 Å². The highest BCUT2D eigenvalue weighted by Gasteiger charge is 2.31. The number of hydrogen-bond donors (Lipinski definition) is 2. The molecule has 3 aromatic carbocycles. The maximum absolute atomic E-state index is 13.8. The number of benzene rings is 3. The summed E-state index contributed by atoms with van der Waals surface area (Å²) in [5.41, 5.74) is 3.62. The van der Waals surface area contributed by atoms with Crippen molar-refractivity contribution >= 4 is 43.7 Å². The van der Waals surface area contributed by atoms with Crippen LogP contribution in [0.3, 0.4) is 0 Å². The predicted octanol–water partition coefficient (Wildman–Crippen LogP) is 5.77. The van der Waals surface area contributed by atoms with Crippen molar-refractivity contribution < 1.29 is 14.6 Å². The van der Waals surface area contributed by atoms with Crippen LogP contribution in [0, 0.1) is 0 Å². The molecule has 182 valence electrons. The van der Waals surface area contributed by atoms with Gasteiger partial charge in [0.25, 0.3) is 5.56 Å². The van der Waals surface area contributed by atoms with E-state index in [-0.39, 0.29) is 35.9 Å². The average Bonchev–Trinajstić information content (AvgIpc) is 3.23. The fraction of sp³-hybridized carbons (Fsp3) is 0.172. The smallest absolute Gasteiger partial charge is 0.310 e. The first-order valence-corrected chi connectivity index (χ1v) is 12.5. The first-order chi connectivity index (χ1) is 17.4. The van der Waals surface area contributed by atoms with E-state index in [2.05, 4.69) is 20.9 Å². The van der Waals surface area contributed by atoms with Crippen LogP contribution in [0.2, 0.25) is 0 Å². The van der Waals surface area contributed by atoms with Gasteiger partial charge in [-0.25, -0.2) is 0 Å². The van der Waals surface area contributed by atoms with Crippen molar-refractivity contribution in [3.8, 4) is 5.75 Å². The fourth-order valence-corrected chi connectivity index (χ4v) is 5.36. The van der Waals surface area contributed by atoms with Crippen LogP contribution < -0.4 is 5.56 Å². The van der Waals surface area contributed by atoms with Crippen molar-refractivity contribution in [2.24, 2.45) is 7.05 Å². The molecule has 0 amide bonds. The molecular weight excluding hydrogens is 520 g/mol. The number of esters is 1. The van der Waals surface area contributed by atoms with Gasteiger partial charge in [0, 0.05) is 33.5 Å². The van der Waals surface area contributed by atoms with Gasteiger partial charge >= 0.3 is 5.97 Å². The molecule has 0 saturated carbocycles. The molecule has 0 fully saturated rings. The first kappa shape index (κ1) is 23.9. The van der Waals surface area contributed by atoms with Gasteiger partial charge in [-0.2, -0.15) is 0 Å². The molecule has 0 bridgehead atoms. The second-order valence-electron chi connectivity index (χ2n) is 8.68. The van der Waals surface area contributed by atoms with E-state index in [1.807, 2.05) is 66.7 Å². The Morgan fingerprint density at radius 2 is 1.78 bits per heavy atom. The number of para-hydroxylation sites is 2. The summed E-state index contributed by atoms with van der Waals surface area (Å²) < 4.78 is 7.67. The molecule has 7 heteroatoms. The van der Waals surface area contributed by atoms with Crippen LogP contribution in [0.5, 0.6) is 5.75 Å². The van der Waals surface area contributed by atoms with Crippen LogP contribution in [-0.2, 0) is 23.0 Å². The predicted molar refractivity (Wildman–Crippen MR) is 145 cm³/mol. The summed E-state index contributed by atoms with van der Waals surface area (Å²) in [4.78, 5) is 29.9. The summed E-state index contributed by atoms with van der Waals surface area (Å²) in [6, 6.07) is 22.6. The molecule has 5 aromatic rings. The molecule has 36 heavy (non-hydrogen) atoms. The first-order valence-electron chi connectivity index (χ1n) is 11.7.